The molecule has 0 fully saturated rings. The van der Waals surface area contributed by atoms with Gasteiger partial charge in [0.2, 0.25) is 0 Å². The molecule has 0 bridgehead atoms. The van der Waals surface area contributed by atoms with Gasteiger partial charge in [-0.3, -0.25) is 0 Å². The van der Waals surface area contributed by atoms with Gasteiger partial charge in [0.1, 0.15) is 0 Å². The van der Waals surface area contributed by atoms with E-state index in [2.05, 4.69) is 86.7 Å². The van der Waals surface area contributed by atoms with E-state index >= 15 is 0 Å². The lowest BCUT2D eigenvalue weighted by atomic mass is 9.96. The van der Waals surface area contributed by atoms with E-state index in [0.717, 1.165) is 13.1 Å². The fraction of sp³-hybridized carbons (Fsp3) is 0.579. The zero-order valence-corrected chi connectivity index (χ0v) is 16.4. The molecular formula is C19H31N3S. The fourth-order valence-corrected chi connectivity index (χ4v) is 3.24. The summed E-state index contributed by atoms with van der Waals surface area (Å²) in [4.78, 5) is 0. The third-order valence-corrected chi connectivity index (χ3v) is 4.45. The summed E-state index contributed by atoms with van der Waals surface area (Å²) in [5.41, 5.74) is 4.41. The third kappa shape index (κ3) is 5.00. The van der Waals surface area contributed by atoms with Gasteiger partial charge in [0.15, 0.2) is 0 Å². The Bertz CT molecular complexity index is 650. The number of hydrogen-bond donors (Lipinski definition) is 1. The van der Waals surface area contributed by atoms with Crippen molar-refractivity contribution in [3.63, 3.8) is 0 Å². The molecule has 23 heavy (non-hydrogen) atoms. The summed E-state index contributed by atoms with van der Waals surface area (Å²) >= 11 is 1.64. The van der Waals surface area contributed by atoms with Crippen molar-refractivity contribution in [3.05, 3.63) is 35.5 Å². The lowest BCUT2D eigenvalue weighted by Crippen LogP contribution is -2.15. The third-order valence-electron chi connectivity index (χ3n) is 3.81. The average molecular weight is 334 g/mol. The van der Waals surface area contributed by atoms with E-state index in [4.69, 9.17) is 0 Å². The van der Waals surface area contributed by atoms with E-state index in [-0.39, 0.29) is 5.41 Å². The largest absolute Gasteiger partial charge is 0.347 e. The molecular weight excluding hydrogens is 302 g/mol. The first-order valence-electron chi connectivity index (χ1n) is 8.36. The Morgan fingerprint density at radius 3 is 2.48 bits per heavy atom. The van der Waals surface area contributed by atoms with Gasteiger partial charge in [-0.25, -0.2) is 9.03 Å². The van der Waals surface area contributed by atoms with Crippen LogP contribution in [0, 0.1) is 5.41 Å². The topological polar surface area (TPSA) is 20.2 Å². The second-order valence-corrected chi connectivity index (χ2v) is 9.20. The second-order valence-electron chi connectivity index (χ2n) is 8.00. The summed E-state index contributed by atoms with van der Waals surface area (Å²) in [7, 11) is 4.10. The monoisotopic (exact) mass is 333 g/mol. The van der Waals surface area contributed by atoms with E-state index in [1.54, 1.807) is 12.1 Å². The first-order valence-corrected chi connectivity index (χ1v) is 9.13. The molecule has 3 nitrogen and oxygen atoms in total. The Kier molecular flexibility index (Phi) is 5.82. The SMILES string of the molecule is CC(C)c1ccc2c(CNSN(C)C)cn(CC(C)(C)C)c2c1. The maximum absolute atomic E-state index is 3.44. The minimum absolute atomic E-state index is 0.267. The minimum atomic E-state index is 0.267. The van der Waals surface area contributed by atoms with Crippen LogP contribution in [0.1, 0.15) is 51.7 Å². The van der Waals surface area contributed by atoms with Crippen molar-refractivity contribution in [3.8, 4) is 0 Å². The van der Waals surface area contributed by atoms with Crippen LogP contribution >= 0.6 is 12.1 Å². The van der Waals surface area contributed by atoms with Crippen molar-refractivity contribution in [1.82, 2.24) is 13.6 Å². The van der Waals surface area contributed by atoms with Crippen LogP contribution in [0.25, 0.3) is 10.9 Å². The molecule has 1 N–H and O–H groups in total. The highest BCUT2D eigenvalue weighted by Crippen LogP contribution is 2.29. The second kappa shape index (κ2) is 7.29. The van der Waals surface area contributed by atoms with Crippen molar-refractivity contribution >= 4 is 23.0 Å². The van der Waals surface area contributed by atoms with Crippen molar-refractivity contribution in [2.45, 2.75) is 53.6 Å². The van der Waals surface area contributed by atoms with Crippen LogP contribution in [0.2, 0.25) is 0 Å². The van der Waals surface area contributed by atoms with Crippen LogP contribution in [0.3, 0.4) is 0 Å². The van der Waals surface area contributed by atoms with Gasteiger partial charge >= 0.3 is 0 Å². The molecule has 0 radical (unpaired) electrons. The van der Waals surface area contributed by atoms with Crippen molar-refractivity contribution in [2.24, 2.45) is 5.41 Å². The molecule has 0 saturated carbocycles. The molecule has 1 aromatic heterocycles. The Morgan fingerprint density at radius 2 is 1.91 bits per heavy atom. The minimum Gasteiger partial charge on any atom is -0.347 e. The van der Waals surface area contributed by atoms with Gasteiger partial charge in [0.25, 0.3) is 0 Å². The van der Waals surface area contributed by atoms with Crippen LogP contribution in [-0.4, -0.2) is 23.0 Å². The Morgan fingerprint density at radius 1 is 1.22 bits per heavy atom. The summed E-state index contributed by atoms with van der Waals surface area (Å²) in [6.45, 7) is 13.3. The van der Waals surface area contributed by atoms with Gasteiger partial charge in [-0.05, 0) is 42.6 Å². The normalized spacial score (nSPS) is 12.7. The molecule has 0 aliphatic heterocycles. The number of nitrogens with one attached hydrogen (secondary N) is 1. The highest BCUT2D eigenvalue weighted by Gasteiger charge is 2.16. The molecule has 0 unspecified atom stereocenters. The van der Waals surface area contributed by atoms with Gasteiger partial charge in [-0.1, -0.05) is 46.8 Å². The molecule has 0 aliphatic carbocycles. The molecule has 0 atom stereocenters. The van der Waals surface area contributed by atoms with E-state index in [9.17, 15) is 0 Å². The Labute approximate surface area is 145 Å². The lowest BCUT2D eigenvalue weighted by molar-refractivity contribution is 0.349. The van der Waals surface area contributed by atoms with Gasteiger partial charge in [-0.2, -0.15) is 0 Å². The molecule has 2 rings (SSSR count). The van der Waals surface area contributed by atoms with E-state index < -0.39 is 0 Å². The maximum Gasteiger partial charge on any atom is 0.0486 e. The number of hydrogen-bond acceptors (Lipinski definition) is 3. The van der Waals surface area contributed by atoms with Crippen molar-refractivity contribution in [2.75, 3.05) is 14.1 Å². The van der Waals surface area contributed by atoms with Crippen molar-refractivity contribution < 1.29 is 0 Å². The number of nitrogens with zero attached hydrogens (tertiary/aromatic N) is 2. The fourth-order valence-electron chi connectivity index (χ4n) is 2.77. The quantitative estimate of drug-likeness (QED) is 0.749. The molecule has 4 heteroatoms. The zero-order chi connectivity index (χ0) is 17.2. The Hall–Kier alpha value is -0.970. The van der Waals surface area contributed by atoms with Crippen molar-refractivity contribution in [1.29, 1.82) is 0 Å². The predicted octanol–water partition coefficient (Wildman–Crippen LogP) is 5.03. The zero-order valence-electron chi connectivity index (χ0n) is 15.6. The maximum atomic E-state index is 3.44. The Balaban J connectivity index is 2.39. The van der Waals surface area contributed by atoms with Gasteiger partial charge in [0, 0.05) is 42.3 Å². The number of rotatable bonds is 6. The van der Waals surface area contributed by atoms with Crippen LogP contribution < -0.4 is 4.72 Å². The smallest absolute Gasteiger partial charge is 0.0486 e. The first-order chi connectivity index (χ1) is 10.7. The standard InChI is InChI=1S/C19H31N3S/c1-14(2)15-8-9-17-16(11-20-23-21(6)7)12-22(18(17)10-15)13-19(3,4)5/h8-10,12,14,20H,11,13H2,1-7H3. The number of aromatic nitrogens is 1. The highest BCUT2D eigenvalue weighted by atomic mass is 32.2. The molecule has 1 heterocycles. The highest BCUT2D eigenvalue weighted by molar-refractivity contribution is 7.95. The van der Waals surface area contributed by atoms with E-state index in [0.29, 0.717) is 5.92 Å². The molecule has 1 aromatic carbocycles. The summed E-state index contributed by atoms with van der Waals surface area (Å²) in [5.74, 6) is 0.559. The van der Waals surface area contributed by atoms with Gasteiger partial charge in [-0.15, -0.1) is 0 Å². The molecule has 128 valence electrons. The first kappa shape index (κ1) is 18.4. The van der Waals surface area contributed by atoms with Crippen LogP contribution in [0.15, 0.2) is 24.4 Å². The molecule has 0 saturated heterocycles. The van der Waals surface area contributed by atoms with Gasteiger partial charge < -0.3 is 4.57 Å². The summed E-state index contributed by atoms with van der Waals surface area (Å²) in [6, 6.07) is 6.94. The van der Waals surface area contributed by atoms with Crippen LogP contribution in [-0.2, 0) is 13.1 Å². The molecule has 2 aromatic rings. The summed E-state index contributed by atoms with van der Waals surface area (Å²) in [5, 5.41) is 1.37. The lowest BCUT2D eigenvalue weighted by Gasteiger charge is -2.20. The molecule has 0 aliphatic rings. The molecule has 0 spiro atoms. The van der Waals surface area contributed by atoms with Crippen LogP contribution in [0.4, 0.5) is 0 Å². The summed E-state index contributed by atoms with van der Waals surface area (Å²) < 4.78 is 7.94. The number of fused-ring (bicyclic) bond motifs is 1. The van der Waals surface area contributed by atoms with E-state index in [1.807, 2.05) is 0 Å². The summed E-state index contributed by atoms with van der Waals surface area (Å²) in [6.07, 6.45) is 2.32. The predicted molar refractivity (Wildman–Crippen MR) is 104 cm³/mol. The number of benzene rings is 1. The van der Waals surface area contributed by atoms with E-state index in [1.165, 1.54) is 22.0 Å². The van der Waals surface area contributed by atoms with Crippen LogP contribution in [0.5, 0.6) is 0 Å². The molecule has 0 amide bonds. The average Bonchev–Trinajstić information content (AvgIpc) is 2.74. The van der Waals surface area contributed by atoms with Gasteiger partial charge in [0.05, 0.1) is 0 Å².